The number of carbonyl (C=O) groups is 2. The molecule has 6 nitrogen and oxygen atoms in total. The Hall–Kier alpha value is -0.660. The average molecular weight is 351 g/mol. The lowest BCUT2D eigenvalue weighted by molar-refractivity contribution is -0.142. The Labute approximate surface area is 130 Å². The molecule has 2 N–H and O–H groups in total. The number of hydrogen-bond acceptors (Lipinski definition) is 4. The Morgan fingerprint density at radius 1 is 1.10 bits per heavy atom. The molecule has 118 valence electrons. The summed E-state index contributed by atoms with van der Waals surface area (Å²) in [4.78, 5) is 23.8. The van der Waals surface area contributed by atoms with Crippen molar-refractivity contribution in [3.63, 3.8) is 0 Å². The number of amides is 2. The second-order valence-corrected chi connectivity index (χ2v) is 6.13. The fourth-order valence-corrected chi connectivity index (χ4v) is 1.81. The van der Waals surface area contributed by atoms with Crippen molar-refractivity contribution in [2.45, 2.75) is 27.7 Å². The van der Waals surface area contributed by atoms with Crippen molar-refractivity contribution in [3.8, 4) is 0 Å². The molecule has 0 heterocycles. The lowest BCUT2D eigenvalue weighted by Gasteiger charge is -2.29. The molecule has 7 heteroatoms. The summed E-state index contributed by atoms with van der Waals surface area (Å²) in [5.41, 5.74) is 5.63. The summed E-state index contributed by atoms with van der Waals surface area (Å²) in [5.74, 6) is 0.385. The molecule has 0 bridgehead atoms. The smallest absolute Gasteiger partial charge is 0.256 e. The number of rotatable bonds is 8. The summed E-state index contributed by atoms with van der Waals surface area (Å²) in [6.45, 7) is 9.68. The highest BCUT2D eigenvalue weighted by Gasteiger charge is 2.20. The zero-order chi connectivity index (χ0) is 15.7. The van der Waals surface area contributed by atoms with Gasteiger partial charge in [-0.2, -0.15) is 0 Å². The van der Waals surface area contributed by atoms with E-state index in [0.717, 1.165) is 6.54 Å². The van der Waals surface area contributed by atoms with Gasteiger partial charge in [0.25, 0.3) is 5.91 Å². The standard InChI is InChI=1S/C13H27BrN4O2/c1-10(2)7-17(15-5)9-13(20)18(8-11(3)4)16-12(19)6-14/h10-11,15H,6-9H2,1-5H3,(H,16,19). The van der Waals surface area contributed by atoms with E-state index in [2.05, 4.69) is 40.6 Å². The molecular formula is C13H27BrN4O2. The first-order chi connectivity index (χ1) is 9.29. The quantitative estimate of drug-likeness (QED) is 0.506. The number of carbonyl (C=O) groups excluding carboxylic acids is 2. The third-order valence-corrected chi connectivity index (χ3v) is 2.97. The fraction of sp³-hybridized carbons (Fsp3) is 0.846. The van der Waals surface area contributed by atoms with Crippen LogP contribution in [0, 0.1) is 11.8 Å². The molecule has 0 aliphatic heterocycles. The third kappa shape index (κ3) is 8.50. The number of hydrazine groups is 2. The minimum atomic E-state index is -0.223. The van der Waals surface area contributed by atoms with Gasteiger partial charge >= 0.3 is 0 Å². The minimum Gasteiger partial charge on any atom is -0.272 e. The second-order valence-electron chi connectivity index (χ2n) is 5.56. The van der Waals surface area contributed by atoms with Crippen LogP contribution >= 0.6 is 15.9 Å². The molecule has 20 heavy (non-hydrogen) atoms. The van der Waals surface area contributed by atoms with Gasteiger partial charge in [0.2, 0.25) is 5.91 Å². The Morgan fingerprint density at radius 2 is 1.65 bits per heavy atom. The van der Waals surface area contributed by atoms with Crippen molar-refractivity contribution < 1.29 is 9.59 Å². The van der Waals surface area contributed by atoms with Gasteiger partial charge in [-0.1, -0.05) is 43.6 Å². The summed E-state index contributed by atoms with van der Waals surface area (Å²) in [7, 11) is 1.79. The zero-order valence-electron chi connectivity index (χ0n) is 13.1. The predicted octanol–water partition coefficient (Wildman–Crippen LogP) is 0.990. The maximum absolute atomic E-state index is 12.3. The van der Waals surface area contributed by atoms with Gasteiger partial charge in [0.15, 0.2) is 0 Å². The summed E-state index contributed by atoms with van der Waals surface area (Å²) < 4.78 is 0. The molecule has 0 rings (SSSR count). The van der Waals surface area contributed by atoms with E-state index in [1.165, 1.54) is 5.01 Å². The van der Waals surface area contributed by atoms with Gasteiger partial charge in [-0.25, -0.2) is 5.01 Å². The number of hydrogen-bond donors (Lipinski definition) is 2. The fourth-order valence-electron chi connectivity index (χ4n) is 1.68. The largest absolute Gasteiger partial charge is 0.272 e. The normalized spacial score (nSPS) is 11.2. The lowest BCUT2D eigenvalue weighted by atomic mass is 10.2. The van der Waals surface area contributed by atoms with Gasteiger partial charge in [0, 0.05) is 13.1 Å². The molecule has 0 spiro atoms. The van der Waals surface area contributed by atoms with Gasteiger partial charge in [-0.3, -0.25) is 25.4 Å². The van der Waals surface area contributed by atoms with Crippen molar-refractivity contribution in [2.24, 2.45) is 11.8 Å². The lowest BCUT2D eigenvalue weighted by Crippen LogP contribution is -2.53. The molecule has 0 aromatic carbocycles. The zero-order valence-corrected chi connectivity index (χ0v) is 14.7. The number of alkyl halides is 1. The Balaban J connectivity index is 4.62. The van der Waals surface area contributed by atoms with E-state index >= 15 is 0 Å². The van der Waals surface area contributed by atoms with Crippen LogP contribution < -0.4 is 10.9 Å². The van der Waals surface area contributed by atoms with Crippen molar-refractivity contribution in [2.75, 3.05) is 32.0 Å². The highest BCUT2D eigenvalue weighted by Crippen LogP contribution is 2.00. The second kappa shape index (κ2) is 10.1. The highest BCUT2D eigenvalue weighted by molar-refractivity contribution is 9.09. The van der Waals surface area contributed by atoms with Crippen molar-refractivity contribution >= 4 is 27.7 Å². The van der Waals surface area contributed by atoms with Gasteiger partial charge in [0.1, 0.15) is 0 Å². The summed E-state index contributed by atoms with van der Waals surface area (Å²) in [5, 5.41) is 3.43. The van der Waals surface area contributed by atoms with Gasteiger partial charge in [-0.05, 0) is 18.9 Å². The summed E-state index contributed by atoms with van der Waals surface area (Å²) >= 11 is 3.08. The van der Waals surface area contributed by atoms with Crippen LogP contribution in [0.25, 0.3) is 0 Å². The van der Waals surface area contributed by atoms with Crippen LogP contribution in [-0.2, 0) is 9.59 Å². The first-order valence-corrected chi connectivity index (χ1v) is 8.00. The topological polar surface area (TPSA) is 64.7 Å². The van der Waals surface area contributed by atoms with E-state index in [1.807, 2.05) is 18.9 Å². The van der Waals surface area contributed by atoms with E-state index in [1.54, 1.807) is 7.05 Å². The van der Waals surface area contributed by atoms with E-state index in [4.69, 9.17) is 0 Å². The van der Waals surface area contributed by atoms with Crippen LogP contribution in [0.1, 0.15) is 27.7 Å². The summed E-state index contributed by atoms with van der Waals surface area (Å²) in [6, 6.07) is 0. The van der Waals surface area contributed by atoms with E-state index < -0.39 is 0 Å². The van der Waals surface area contributed by atoms with E-state index in [0.29, 0.717) is 12.5 Å². The summed E-state index contributed by atoms with van der Waals surface area (Å²) in [6.07, 6.45) is 0. The number of nitrogens with zero attached hydrogens (tertiary/aromatic N) is 2. The number of halogens is 1. The molecule has 0 unspecified atom stereocenters. The molecule has 0 aliphatic rings. The van der Waals surface area contributed by atoms with Crippen LogP contribution in [0.3, 0.4) is 0 Å². The minimum absolute atomic E-state index is 0.122. The Bertz CT molecular complexity index is 311. The average Bonchev–Trinajstić information content (AvgIpc) is 2.35. The molecule has 0 saturated carbocycles. The first-order valence-electron chi connectivity index (χ1n) is 6.88. The number of nitrogens with one attached hydrogen (secondary N) is 2. The molecule has 0 saturated heterocycles. The van der Waals surface area contributed by atoms with Gasteiger partial charge in [-0.15, -0.1) is 0 Å². The molecule has 0 aromatic heterocycles. The maximum Gasteiger partial charge on any atom is 0.256 e. The first kappa shape index (κ1) is 19.3. The maximum atomic E-state index is 12.3. The highest BCUT2D eigenvalue weighted by atomic mass is 79.9. The molecule has 0 radical (unpaired) electrons. The monoisotopic (exact) mass is 350 g/mol. The molecule has 0 fully saturated rings. The van der Waals surface area contributed by atoms with Crippen LogP contribution in [0.2, 0.25) is 0 Å². The molecular weight excluding hydrogens is 324 g/mol. The van der Waals surface area contributed by atoms with Crippen LogP contribution in [-0.4, -0.2) is 53.8 Å². The third-order valence-electron chi connectivity index (χ3n) is 2.46. The molecule has 0 atom stereocenters. The van der Waals surface area contributed by atoms with E-state index in [9.17, 15) is 9.59 Å². The van der Waals surface area contributed by atoms with Gasteiger partial charge < -0.3 is 0 Å². The van der Waals surface area contributed by atoms with E-state index in [-0.39, 0.29) is 29.6 Å². The Kier molecular flexibility index (Phi) is 9.79. The predicted molar refractivity (Wildman–Crippen MR) is 84.0 cm³/mol. The van der Waals surface area contributed by atoms with Crippen LogP contribution in [0.5, 0.6) is 0 Å². The molecule has 2 amide bonds. The van der Waals surface area contributed by atoms with Crippen molar-refractivity contribution in [1.29, 1.82) is 0 Å². The Morgan fingerprint density at radius 3 is 2.05 bits per heavy atom. The molecule has 0 aliphatic carbocycles. The van der Waals surface area contributed by atoms with Gasteiger partial charge in [0.05, 0.1) is 11.9 Å². The van der Waals surface area contributed by atoms with Crippen LogP contribution in [0.4, 0.5) is 0 Å². The van der Waals surface area contributed by atoms with Crippen LogP contribution in [0.15, 0.2) is 0 Å². The molecule has 0 aromatic rings. The van der Waals surface area contributed by atoms with Crippen molar-refractivity contribution in [3.05, 3.63) is 0 Å². The SMILES string of the molecule is CNN(CC(=O)N(CC(C)C)NC(=O)CBr)CC(C)C. The van der Waals surface area contributed by atoms with Crippen molar-refractivity contribution in [1.82, 2.24) is 20.9 Å².